The van der Waals surface area contributed by atoms with Gasteiger partial charge >= 0.3 is 11.7 Å². The summed E-state index contributed by atoms with van der Waals surface area (Å²) in [6.45, 7) is 17.4. The standard InChI is InChI=1S/C26H47N3O5Si/c1-9-11-12-13-14-15-16-22(30)33-28-21-17-18-29(25(31)27-21)24-23(19(3)20(10-2)32-24)34-35(7,8)26(4,5)6/h17-20,23-24H,9-16H2,1-8H3,(H,27,28,31)/t19-,20+,23?,24+/m0/s1. The van der Waals surface area contributed by atoms with Gasteiger partial charge in [0.1, 0.15) is 0 Å². The minimum atomic E-state index is -2.09. The minimum absolute atomic E-state index is 0.00222. The summed E-state index contributed by atoms with van der Waals surface area (Å²) >= 11 is 0. The van der Waals surface area contributed by atoms with Gasteiger partial charge < -0.3 is 14.0 Å². The molecule has 2 heterocycles. The first-order chi connectivity index (χ1) is 16.4. The molecule has 0 aromatic carbocycles. The van der Waals surface area contributed by atoms with Crippen molar-refractivity contribution in [2.24, 2.45) is 5.92 Å². The Kier molecular flexibility index (Phi) is 11.0. The van der Waals surface area contributed by atoms with Crippen LogP contribution in [0.5, 0.6) is 0 Å². The van der Waals surface area contributed by atoms with E-state index in [0.29, 0.717) is 6.42 Å². The van der Waals surface area contributed by atoms with Gasteiger partial charge in [-0.05, 0) is 31.0 Å². The molecule has 35 heavy (non-hydrogen) atoms. The van der Waals surface area contributed by atoms with Crippen LogP contribution in [0.2, 0.25) is 18.1 Å². The topological polar surface area (TPSA) is 91.7 Å². The van der Waals surface area contributed by atoms with E-state index in [0.717, 1.165) is 25.7 Å². The van der Waals surface area contributed by atoms with Crippen LogP contribution in [0.15, 0.2) is 17.1 Å². The van der Waals surface area contributed by atoms with Crippen molar-refractivity contribution >= 4 is 20.1 Å². The third-order valence-electron chi connectivity index (χ3n) is 7.45. The number of anilines is 1. The number of rotatable bonds is 13. The van der Waals surface area contributed by atoms with Crippen LogP contribution in [0.3, 0.4) is 0 Å². The summed E-state index contributed by atoms with van der Waals surface area (Å²) in [4.78, 5) is 34.1. The first kappa shape index (κ1) is 29.5. The zero-order valence-corrected chi connectivity index (χ0v) is 24.1. The molecule has 0 radical (unpaired) electrons. The van der Waals surface area contributed by atoms with Gasteiger partial charge in [-0.15, -0.1) is 0 Å². The van der Waals surface area contributed by atoms with Crippen molar-refractivity contribution in [1.82, 2.24) is 9.55 Å². The van der Waals surface area contributed by atoms with E-state index in [1.165, 1.54) is 23.8 Å². The fraction of sp³-hybridized carbons (Fsp3) is 0.808. The predicted octanol–water partition coefficient (Wildman–Crippen LogP) is 6.20. The van der Waals surface area contributed by atoms with E-state index in [-0.39, 0.29) is 35.0 Å². The molecule has 0 saturated carbocycles. The number of nitrogens with one attached hydrogen (secondary N) is 1. The van der Waals surface area contributed by atoms with Gasteiger partial charge in [-0.1, -0.05) is 73.6 Å². The molecular weight excluding hydrogens is 462 g/mol. The van der Waals surface area contributed by atoms with Crippen molar-refractivity contribution in [3.63, 3.8) is 0 Å². The molecule has 1 fully saturated rings. The van der Waals surface area contributed by atoms with Crippen molar-refractivity contribution in [3.8, 4) is 0 Å². The van der Waals surface area contributed by atoms with Gasteiger partial charge in [-0.25, -0.2) is 15.1 Å². The molecular formula is C26H47N3O5Si. The lowest BCUT2D eigenvalue weighted by atomic mass is 9.99. The number of nitrogens with zero attached hydrogens (tertiary/aromatic N) is 2. The second-order valence-electron chi connectivity index (χ2n) is 11.3. The van der Waals surface area contributed by atoms with Gasteiger partial charge in [0.15, 0.2) is 20.4 Å². The molecule has 1 saturated heterocycles. The summed E-state index contributed by atoms with van der Waals surface area (Å²) in [6.07, 6.45) is 8.61. The van der Waals surface area contributed by atoms with Crippen molar-refractivity contribution in [2.45, 2.75) is 129 Å². The highest BCUT2D eigenvalue weighted by molar-refractivity contribution is 6.74. The predicted molar refractivity (Wildman–Crippen MR) is 142 cm³/mol. The van der Waals surface area contributed by atoms with Gasteiger partial charge in [-0.3, -0.25) is 4.57 Å². The van der Waals surface area contributed by atoms with Crippen LogP contribution in [-0.4, -0.2) is 36.0 Å². The molecule has 2 rings (SSSR count). The van der Waals surface area contributed by atoms with Crippen LogP contribution in [0, 0.1) is 5.92 Å². The minimum Gasteiger partial charge on any atom is -0.409 e. The normalized spacial score (nSPS) is 22.9. The van der Waals surface area contributed by atoms with Crippen LogP contribution in [0.4, 0.5) is 5.82 Å². The van der Waals surface area contributed by atoms with E-state index in [9.17, 15) is 9.59 Å². The number of hydrogen-bond donors (Lipinski definition) is 1. The van der Waals surface area contributed by atoms with Crippen LogP contribution in [0.25, 0.3) is 0 Å². The van der Waals surface area contributed by atoms with E-state index in [2.05, 4.69) is 65.1 Å². The third kappa shape index (κ3) is 8.15. The number of unbranched alkanes of at least 4 members (excludes halogenated alkanes) is 5. The number of hydrogen-bond acceptors (Lipinski definition) is 7. The van der Waals surface area contributed by atoms with Crippen molar-refractivity contribution in [1.29, 1.82) is 0 Å². The Morgan fingerprint density at radius 1 is 1.17 bits per heavy atom. The Balaban J connectivity index is 2.03. The lowest BCUT2D eigenvalue weighted by Gasteiger charge is -2.40. The average Bonchev–Trinajstić information content (AvgIpc) is 3.08. The molecule has 8 nitrogen and oxygen atoms in total. The van der Waals surface area contributed by atoms with Gasteiger partial charge in [0.05, 0.1) is 12.2 Å². The maximum Gasteiger partial charge on any atom is 0.351 e. The quantitative estimate of drug-likeness (QED) is 0.192. The Morgan fingerprint density at radius 2 is 1.83 bits per heavy atom. The van der Waals surface area contributed by atoms with E-state index in [1.54, 1.807) is 12.3 Å². The Bertz CT molecular complexity index is 867. The molecule has 0 bridgehead atoms. The highest BCUT2D eigenvalue weighted by Crippen LogP contribution is 2.43. The monoisotopic (exact) mass is 509 g/mol. The molecule has 0 amide bonds. The molecule has 0 spiro atoms. The second kappa shape index (κ2) is 13.0. The fourth-order valence-electron chi connectivity index (χ4n) is 4.10. The molecule has 1 aromatic rings. The van der Waals surface area contributed by atoms with Crippen molar-refractivity contribution in [3.05, 3.63) is 22.7 Å². The molecule has 4 atom stereocenters. The highest BCUT2D eigenvalue weighted by Gasteiger charge is 2.48. The third-order valence-corrected chi connectivity index (χ3v) is 11.9. The summed E-state index contributed by atoms with van der Waals surface area (Å²) < 4.78 is 14.5. The summed E-state index contributed by atoms with van der Waals surface area (Å²) in [5.74, 6) is -0.0118. The summed E-state index contributed by atoms with van der Waals surface area (Å²) in [7, 11) is -2.09. The van der Waals surface area contributed by atoms with Crippen LogP contribution in [0.1, 0.15) is 99.1 Å². The Morgan fingerprint density at radius 3 is 2.43 bits per heavy atom. The molecule has 1 aromatic heterocycles. The van der Waals surface area contributed by atoms with Crippen LogP contribution in [-0.2, 0) is 18.8 Å². The molecule has 1 aliphatic rings. The van der Waals surface area contributed by atoms with Gasteiger partial charge in [0.2, 0.25) is 0 Å². The van der Waals surface area contributed by atoms with Crippen molar-refractivity contribution in [2.75, 3.05) is 5.48 Å². The van der Waals surface area contributed by atoms with Crippen molar-refractivity contribution < 1.29 is 18.8 Å². The SMILES string of the molecule is CCCCCCCCC(=O)ONc1ccn([C@@H]2O[C@H](CC)[C@H](C)C2O[Si](C)(C)C(C)(C)C)c(=O)n1. The summed E-state index contributed by atoms with van der Waals surface area (Å²) in [5, 5.41) is 0.0396. The first-order valence-corrected chi connectivity index (χ1v) is 16.2. The Labute approximate surface area is 212 Å². The molecule has 200 valence electrons. The molecule has 9 heteroatoms. The van der Waals surface area contributed by atoms with Crippen LogP contribution >= 0.6 is 0 Å². The fourth-order valence-corrected chi connectivity index (χ4v) is 5.46. The van der Waals surface area contributed by atoms with Gasteiger partial charge in [0.25, 0.3) is 0 Å². The first-order valence-electron chi connectivity index (χ1n) is 13.3. The highest BCUT2D eigenvalue weighted by atomic mass is 28.4. The molecule has 1 unspecified atom stereocenters. The second-order valence-corrected chi connectivity index (χ2v) is 16.0. The molecule has 1 N–H and O–H groups in total. The van der Waals surface area contributed by atoms with E-state index in [1.807, 2.05) is 0 Å². The lowest BCUT2D eigenvalue weighted by molar-refractivity contribution is -0.140. The Hall–Kier alpha value is -1.71. The number of carbonyl (C=O) groups excluding carboxylic acids is 1. The van der Waals surface area contributed by atoms with E-state index >= 15 is 0 Å². The maximum absolute atomic E-state index is 12.9. The molecule has 0 aliphatic carbocycles. The van der Waals surface area contributed by atoms with Crippen LogP contribution < -0.4 is 11.2 Å². The number of aromatic nitrogens is 2. The largest absolute Gasteiger partial charge is 0.409 e. The molecule has 1 aliphatic heterocycles. The zero-order valence-electron chi connectivity index (χ0n) is 23.1. The zero-order chi connectivity index (χ0) is 26.2. The number of ether oxygens (including phenoxy) is 1. The average molecular weight is 510 g/mol. The smallest absolute Gasteiger partial charge is 0.351 e. The number of carbonyl (C=O) groups is 1. The summed E-state index contributed by atoms with van der Waals surface area (Å²) in [6, 6.07) is 1.62. The van der Waals surface area contributed by atoms with Gasteiger partial charge in [0, 0.05) is 24.6 Å². The van der Waals surface area contributed by atoms with Gasteiger partial charge in [-0.2, -0.15) is 4.98 Å². The maximum atomic E-state index is 12.9. The van der Waals surface area contributed by atoms with E-state index in [4.69, 9.17) is 14.0 Å². The van der Waals surface area contributed by atoms with E-state index < -0.39 is 20.2 Å². The summed E-state index contributed by atoms with van der Waals surface area (Å²) in [5.41, 5.74) is 2.05. The lowest BCUT2D eigenvalue weighted by Crippen LogP contribution is -2.47.